The van der Waals surface area contributed by atoms with Crippen molar-refractivity contribution in [2.24, 2.45) is 0 Å². The van der Waals surface area contributed by atoms with Gasteiger partial charge in [-0.2, -0.15) is 0 Å². The fraction of sp³-hybridized carbons (Fsp3) is 0.600. The molecular weight excluding hydrogens is 790 g/mol. The van der Waals surface area contributed by atoms with E-state index in [-0.39, 0.29) is 32.2 Å². The molecular formula is C50H82NO9P. The summed E-state index contributed by atoms with van der Waals surface area (Å²) in [5.41, 5.74) is 0. The second kappa shape index (κ2) is 40.7. The molecule has 0 heterocycles. The number of unbranched alkanes of at least 4 members (excludes halogenated alkanes) is 4. The molecule has 10 nitrogen and oxygen atoms in total. The van der Waals surface area contributed by atoms with Gasteiger partial charge in [-0.1, -0.05) is 136 Å². The van der Waals surface area contributed by atoms with Crippen LogP contribution >= 0.6 is 7.82 Å². The van der Waals surface area contributed by atoms with E-state index in [1.165, 1.54) is 25.7 Å². The van der Waals surface area contributed by atoms with Gasteiger partial charge in [0, 0.05) is 12.8 Å². The Bertz CT molecular complexity index is 1420. The first-order valence-corrected chi connectivity index (χ1v) is 24.1. The van der Waals surface area contributed by atoms with Crippen molar-refractivity contribution in [2.75, 3.05) is 47.5 Å². The van der Waals surface area contributed by atoms with Gasteiger partial charge in [-0.3, -0.25) is 14.2 Å². The molecule has 0 aliphatic heterocycles. The molecule has 0 radical (unpaired) electrons. The maximum Gasteiger partial charge on any atom is 0.306 e. The highest BCUT2D eigenvalue weighted by molar-refractivity contribution is 7.45. The Balaban J connectivity index is 4.59. The van der Waals surface area contributed by atoms with Gasteiger partial charge in [-0.05, 0) is 96.3 Å². The number of rotatable bonds is 39. The van der Waals surface area contributed by atoms with Gasteiger partial charge in [0.25, 0.3) is 7.82 Å². The molecule has 11 heteroatoms. The number of carbonyl (C=O) groups is 2. The Morgan fingerprint density at radius 3 is 1.52 bits per heavy atom. The zero-order valence-electron chi connectivity index (χ0n) is 38.4. The Kier molecular flexibility index (Phi) is 38.4. The fourth-order valence-corrected chi connectivity index (χ4v) is 5.92. The summed E-state index contributed by atoms with van der Waals surface area (Å²) in [5, 5.41) is 9.57. The minimum absolute atomic E-state index is 0.0648. The number of hydrogen-bond acceptors (Lipinski definition) is 9. The number of phosphoric acid groups is 1. The number of nitrogens with zero attached hydrogens (tertiary/aromatic N) is 1. The molecule has 3 atom stereocenters. The van der Waals surface area contributed by atoms with Gasteiger partial charge in [-0.15, -0.1) is 0 Å². The molecule has 0 rings (SSSR count). The summed E-state index contributed by atoms with van der Waals surface area (Å²) in [7, 11) is 1.05. The van der Waals surface area contributed by atoms with Gasteiger partial charge < -0.3 is 33.0 Å². The first-order valence-electron chi connectivity index (χ1n) is 22.7. The zero-order chi connectivity index (χ0) is 45.1. The number of likely N-dealkylation sites (N-methyl/N-ethyl adjacent to an activating group) is 1. The molecule has 0 bridgehead atoms. The van der Waals surface area contributed by atoms with E-state index in [1.54, 1.807) is 0 Å². The Morgan fingerprint density at radius 1 is 0.590 bits per heavy atom. The van der Waals surface area contributed by atoms with E-state index in [2.05, 4.69) is 92.0 Å². The van der Waals surface area contributed by atoms with E-state index in [0.717, 1.165) is 64.2 Å². The topological polar surface area (TPSA) is 131 Å². The summed E-state index contributed by atoms with van der Waals surface area (Å²) in [5.74, 6) is -1.03. The van der Waals surface area contributed by atoms with Crippen molar-refractivity contribution < 1.29 is 47.2 Å². The van der Waals surface area contributed by atoms with Crippen LogP contribution in [0.1, 0.15) is 136 Å². The van der Waals surface area contributed by atoms with Gasteiger partial charge in [0.05, 0.1) is 33.9 Å². The van der Waals surface area contributed by atoms with Crippen molar-refractivity contribution in [1.29, 1.82) is 0 Å². The largest absolute Gasteiger partial charge is 0.756 e. The lowest BCUT2D eigenvalue weighted by molar-refractivity contribution is -0.870. The lowest BCUT2D eigenvalue weighted by Crippen LogP contribution is -2.37. The van der Waals surface area contributed by atoms with E-state index in [9.17, 15) is 24.2 Å². The van der Waals surface area contributed by atoms with Crippen LogP contribution in [0.15, 0.2) is 109 Å². The number of hydrogen-bond donors (Lipinski definition) is 1. The lowest BCUT2D eigenvalue weighted by atomic mass is 10.1. The number of allylic oxidation sites excluding steroid dienone is 18. The third kappa shape index (κ3) is 44.5. The number of esters is 2. The molecule has 1 N–H and O–H groups in total. The predicted octanol–water partition coefficient (Wildman–Crippen LogP) is 11.5. The summed E-state index contributed by atoms with van der Waals surface area (Å²) < 4.78 is 33.7. The number of aliphatic hydroxyl groups excluding tert-OH is 1. The number of ether oxygens (including phenoxy) is 2. The molecule has 0 aliphatic rings. The van der Waals surface area contributed by atoms with Crippen LogP contribution in [-0.2, 0) is 32.7 Å². The maximum atomic E-state index is 12.7. The highest BCUT2D eigenvalue weighted by Gasteiger charge is 2.21. The average molecular weight is 872 g/mol. The summed E-state index contributed by atoms with van der Waals surface area (Å²) in [4.78, 5) is 37.5. The number of phosphoric ester groups is 1. The SMILES string of the molecule is CCCCC/C=C\C/C=C\C/C=C\C/C=C\C/C=C\CCC(=O)OC[C@H](COP(=O)([O-])OCC[N+](C)(C)C)OC(=O)CCC/C=C\C/C=C\C/C=C\C/C=C\CC[C@H](O)CC. The third-order valence-electron chi connectivity index (χ3n) is 8.94. The Labute approximate surface area is 370 Å². The van der Waals surface area contributed by atoms with Crippen molar-refractivity contribution in [3.05, 3.63) is 109 Å². The Hall–Kier alpha value is -3.37. The minimum atomic E-state index is -4.67. The van der Waals surface area contributed by atoms with E-state index in [0.29, 0.717) is 30.3 Å². The monoisotopic (exact) mass is 872 g/mol. The van der Waals surface area contributed by atoms with Crippen LogP contribution in [0.2, 0.25) is 0 Å². The van der Waals surface area contributed by atoms with Crippen molar-refractivity contribution in [2.45, 2.75) is 148 Å². The Morgan fingerprint density at radius 2 is 1.05 bits per heavy atom. The minimum Gasteiger partial charge on any atom is -0.756 e. The molecule has 0 aliphatic carbocycles. The zero-order valence-corrected chi connectivity index (χ0v) is 39.3. The van der Waals surface area contributed by atoms with Crippen LogP contribution in [0, 0.1) is 0 Å². The summed E-state index contributed by atoms with van der Waals surface area (Å²) in [6.07, 6.45) is 52.3. The molecule has 0 saturated heterocycles. The quantitative estimate of drug-likeness (QED) is 0.0211. The molecule has 0 aromatic rings. The number of quaternary nitrogens is 1. The summed E-state index contributed by atoms with van der Waals surface area (Å²) in [6.45, 7) is 3.73. The summed E-state index contributed by atoms with van der Waals surface area (Å²) in [6, 6.07) is 0. The van der Waals surface area contributed by atoms with Crippen LogP contribution in [0.25, 0.3) is 0 Å². The molecule has 0 amide bonds. The number of carbonyl (C=O) groups excluding carboxylic acids is 2. The van der Waals surface area contributed by atoms with E-state index in [4.69, 9.17) is 18.5 Å². The van der Waals surface area contributed by atoms with Crippen LogP contribution in [0.5, 0.6) is 0 Å². The molecule has 0 aromatic carbocycles. The highest BCUT2D eigenvalue weighted by Crippen LogP contribution is 2.38. The average Bonchev–Trinajstić information content (AvgIpc) is 3.21. The molecule has 0 spiro atoms. The van der Waals surface area contributed by atoms with Gasteiger partial charge >= 0.3 is 11.9 Å². The molecule has 61 heavy (non-hydrogen) atoms. The third-order valence-corrected chi connectivity index (χ3v) is 9.91. The first-order chi connectivity index (χ1) is 29.4. The van der Waals surface area contributed by atoms with E-state index in [1.807, 2.05) is 52.4 Å². The van der Waals surface area contributed by atoms with Crippen LogP contribution < -0.4 is 4.89 Å². The molecule has 346 valence electrons. The number of aliphatic hydroxyl groups is 1. The predicted molar refractivity (Wildman–Crippen MR) is 251 cm³/mol. The van der Waals surface area contributed by atoms with Crippen LogP contribution in [0.3, 0.4) is 0 Å². The van der Waals surface area contributed by atoms with Crippen molar-refractivity contribution >= 4 is 19.8 Å². The van der Waals surface area contributed by atoms with Crippen molar-refractivity contribution in [3.63, 3.8) is 0 Å². The van der Waals surface area contributed by atoms with E-state index >= 15 is 0 Å². The molecule has 0 fully saturated rings. The lowest BCUT2D eigenvalue weighted by Gasteiger charge is -2.28. The van der Waals surface area contributed by atoms with Gasteiger partial charge in [-0.25, -0.2) is 0 Å². The summed E-state index contributed by atoms with van der Waals surface area (Å²) >= 11 is 0. The molecule has 1 unspecified atom stereocenters. The fourth-order valence-electron chi connectivity index (χ4n) is 5.20. The smallest absolute Gasteiger partial charge is 0.306 e. The maximum absolute atomic E-state index is 12.7. The van der Waals surface area contributed by atoms with Crippen LogP contribution in [0.4, 0.5) is 0 Å². The highest BCUT2D eigenvalue weighted by atomic mass is 31.2. The molecule has 0 saturated carbocycles. The normalized spacial score (nSPS) is 15.1. The van der Waals surface area contributed by atoms with Gasteiger partial charge in [0.15, 0.2) is 6.10 Å². The standard InChI is InChI=1S/C50H82NO9P/c1-6-8-9-10-11-12-13-14-15-16-17-18-19-23-26-29-32-35-38-41-49(53)57-45-48(46-59-61(55,56)58-44-43-51(3,4)5)60-50(54)42-39-36-33-30-27-24-21-20-22-25-28-31-34-37-40-47(52)7-2/h11-12,14-15,17-18,21-26,30-35,47-48,52H,6-10,13,16,19-20,27-29,36-46H2,1-5H3/b12-11-,15-14-,18-17-,24-21-,25-22-,26-23-,33-30-,34-31-,35-32-/t47-,48-/m1/s1. The van der Waals surface area contributed by atoms with Crippen molar-refractivity contribution in [3.8, 4) is 0 Å². The molecule has 0 aromatic heterocycles. The second-order valence-electron chi connectivity index (χ2n) is 15.8. The first kappa shape index (κ1) is 57.6. The van der Waals surface area contributed by atoms with Crippen molar-refractivity contribution in [1.82, 2.24) is 0 Å². The van der Waals surface area contributed by atoms with Gasteiger partial charge in [0.2, 0.25) is 0 Å². The van der Waals surface area contributed by atoms with Crippen LogP contribution in [-0.4, -0.2) is 81.2 Å². The second-order valence-corrected chi connectivity index (χ2v) is 17.3. The van der Waals surface area contributed by atoms with Gasteiger partial charge in [0.1, 0.15) is 19.8 Å². The van der Waals surface area contributed by atoms with E-state index < -0.39 is 32.5 Å².